The van der Waals surface area contributed by atoms with Gasteiger partial charge in [-0.25, -0.2) is 4.39 Å². The van der Waals surface area contributed by atoms with Gasteiger partial charge in [0, 0.05) is 23.6 Å². The second-order valence-corrected chi connectivity index (χ2v) is 5.70. The normalized spacial score (nSPS) is 10.3. The van der Waals surface area contributed by atoms with E-state index in [1.165, 1.54) is 18.2 Å². The summed E-state index contributed by atoms with van der Waals surface area (Å²) >= 11 is 0. The maximum absolute atomic E-state index is 13.3. The fourth-order valence-corrected chi connectivity index (χ4v) is 2.45. The van der Waals surface area contributed by atoms with E-state index in [0.29, 0.717) is 36.0 Å². The van der Waals surface area contributed by atoms with Gasteiger partial charge >= 0.3 is 0 Å². The van der Waals surface area contributed by atoms with Gasteiger partial charge in [0.25, 0.3) is 5.91 Å². The number of nitrogens with zero attached hydrogens (tertiary/aromatic N) is 1. The number of carbonyl (C=O) groups is 1. The Kier molecular flexibility index (Phi) is 5.99. The summed E-state index contributed by atoms with van der Waals surface area (Å²) in [6, 6.07) is 14.4. The predicted molar refractivity (Wildman–Crippen MR) is 101 cm³/mol. The van der Waals surface area contributed by atoms with Crippen molar-refractivity contribution in [3.8, 4) is 11.5 Å². The van der Waals surface area contributed by atoms with Crippen LogP contribution in [-0.4, -0.2) is 17.5 Å². The van der Waals surface area contributed by atoms with Gasteiger partial charge in [0.05, 0.1) is 6.61 Å². The van der Waals surface area contributed by atoms with Crippen LogP contribution in [0.4, 0.5) is 10.1 Å². The summed E-state index contributed by atoms with van der Waals surface area (Å²) in [5, 5.41) is 2.66. The second-order valence-electron chi connectivity index (χ2n) is 5.70. The molecule has 0 saturated heterocycles. The number of hydrogen-bond donors (Lipinski definition) is 1. The maximum atomic E-state index is 13.3. The molecule has 1 amide bonds. The summed E-state index contributed by atoms with van der Waals surface area (Å²) < 4.78 is 24.7. The van der Waals surface area contributed by atoms with Gasteiger partial charge in [-0.2, -0.15) is 0 Å². The van der Waals surface area contributed by atoms with Gasteiger partial charge < -0.3 is 14.8 Å². The number of nitrogens with one attached hydrogen (secondary N) is 1. The van der Waals surface area contributed by atoms with Crippen LogP contribution in [0.15, 0.2) is 67.0 Å². The minimum Gasteiger partial charge on any atom is -0.490 e. The summed E-state index contributed by atoms with van der Waals surface area (Å²) in [5.41, 5.74) is 1.75. The number of benzene rings is 2. The van der Waals surface area contributed by atoms with Crippen LogP contribution in [0.1, 0.15) is 22.8 Å². The second kappa shape index (κ2) is 8.80. The Labute approximate surface area is 156 Å². The fraction of sp³-hybridized carbons (Fsp3) is 0.143. The number of pyridine rings is 1. The topological polar surface area (TPSA) is 60.5 Å². The number of rotatable bonds is 7. The zero-order chi connectivity index (χ0) is 19.1. The van der Waals surface area contributed by atoms with Gasteiger partial charge in [0.15, 0.2) is 11.5 Å². The van der Waals surface area contributed by atoms with E-state index >= 15 is 0 Å². The SMILES string of the molecule is CCOc1cc(C(=O)Nc2cccc(F)c2)ccc1OCc1ccncc1. The van der Waals surface area contributed by atoms with Crippen molar-refractivity contribution in [2.45, 2.75) is 13.5 Å². The maximum Gasteiger partial charge on any atom is 0.255 e. The highest BCUT2D eigenvalue weighted by Crippen LogP contribution is 2.29. The third kappa shape index (κ3) is 5.04. The van der Waals surface area contributed by atoms with E-state index in [4.69, 9.17) is 9.47 Å². The Morgan fingerprint density at radius 1 is 1.04 bits per heavy atom. The molecule has 1 N–H and O–H groups in total. The smallest absolute Gasteiger partial charge is 0.255 e. The van der Waals surface area contributed by atoms with Crippen molar-refractivity contribution in [1.29, 1.82) is 0 Å². The van der Waals surface area contributed by atoms with Crippen molar-refractivity contribution in [3.05, 3.63) is 83.9 Å². The predicted octanol–water partition coefficient (Wildman–Crippen LogP) is 4.45. The molecule has 0 aliphatic carbocycles. The highest BCUT2D eigenvalue weighted by molar-refractivity contribution is 6.04. The molecule has 0 fully saturated rings. The third-order valence-corrected chi connectivity index (χ3v) is 3.73. The Hall–Kier alpha value is -3.41. The molecule has 27 heavy (non-hydrogen) atoms. The molecule has 1 aromatic heterocycles. The van der Waals surface area contributed by atoms with Gasteiger partial charge in [-0.05, 0) is 61.0 Å². The van der Waals surface area contributed by atoms with E-state index in [0.717, 1.165) is 5.56 Å². The lowest BCUT2D eigenvalue weighted by Gasteiger charge is -2.13. The molecule has 3 rings (SSSR count). The first-order valence-corrected chi connectivity index (χ1v) is 8.51. The van der Waals surface area contributed by atoms with E-state index < -0.39 is 5.82 Å². The van der Waals surface area contributed by atoms with E-state index in [2.05, 4.69) is 10.3 Å². The van der Waals surface area contributed by atoms with Gasteiger partial charge in [-0.15, -0.1) is 0 Å². The van der Waals surface area contributed by atoms with Crippen LogP contribution in [-0.2, 0) is 6.61 Å². The van der Waals surface area contributed by atoms with Crippen molar-refractivity contribution >= 4 is 11.6 Å². The molecule has 0 unspecified atom stereocenters. The summed E-state index contributed by atoms with van der Waals surface area (Å²) in [6.07, 6.45) is 3.39. The molecule has 0 aliphatic heterocycles. The van der Waals surface area contributed by atoms with Crippen LogP contribution in [0, 0.1) is 5.82 Å². The minimum atomic E-state index is -0.414. The molecule has 1 heterocycles. The van der Waals surface area contributed by atoms with Crippen molar-refractivity contribution in [2.24, 2.45) is 0 Å². The molecule has 3 aromatic rings. The molecule has 2 aromatic carbocycles. The first-order valence-electron chi connectivity index (χ1n) is 8.51. The molecular weight excluding hydrogens is 347 g/mol. The van der Waals surface area contributed by atoms with Crippen LogP contribution in [0.25, 0.3) is 0 Å². The van der Waals surface area contributed by atoms with Gasteiger partial charge in [0.2, 0.25) is 0 Å². The summed E-state index contributed by atoms with van der Waals surface area (Å²) in [6.45, 7) is 2.64. The number of amides is 1. The zero-order valence-electron chi connectivity index (χ0n) is 14.8. The molecule has 138 valence electrons. The number of halogens is 1. The quantitative estimate of drug-likeness (QED) is 0.671. The molecule has 5 nitrogen and oxygen atoms in total. The van der Waals surface area contributed by atoms with Crippen LogP contribution in [0.2, 0.25) is 0 Å². The van der Waals surface area contributed by atoms with Gasteiger partial charge in [0.1, 0.15) is 12.4 Å². The lowest BCUT2D eigenvalue weighted by Crippen LogP contribution is -2.12. The molecular formula is C21H19FN2O3. The standard InChI is InChI=1S/C21H19FN2O3/c1-2-26-20-12-16(21(25)24-18-5-3-4-17(22)13-18)6-7-19(20)27-14-15-8-10-23-11-9-15/h3-13H,2,14H2,1H3,(H,24,25). The average molecular weight is 366 g/mol. The van der Waals surface area contributed by atoms with Crippen LogP contribution in [0.3, 0.4) is 0 Å². The van der Waals surface area contributed by atoms with Gasteiger partial charge in [-0.3, -0.25) is 9.78 Å². The Morgan fingerprint density at radius 2 is 1.85 bits per heavy atom. The lowest BCUT2D eigenvalue weighted by atomic mass is 10.1. The van der Waals surface area contributed by atoms with E-state index in [-0.39, 0.29) is 5.91 Å². The van der Waals surface area contributed by atoms with Gasteiger partial charge in [-0.1, -0.05) is 6.07 Å². The summed E-state index contributed by atoms with van der Waals surface area (Å²) in [4.78, 5) is 16.4. The molecule has 0 atom stereocenters. The number of ether oxygens (including phenoxy) is 2. The minimum absolute atomic E-state index is 0.359. The monoisotopic (exact) mass is 366 g/mol. The van der Waals surface area contributed by atoms with Crippen LogP contribution < -0.4 is 14.8 Å². The number of carbonyl (C=O) groups excluding carboxylic acids is 1. The Balaban J connectivity index is 1.75. The lowest BCUT2D eigenvalue weighted by molar-refractivity contribution is 0.102. The van der Waals surface area contributed by atoms with Crippen molar-refractivity contribution in [2.75, 3.05) is 11.9 Å². The van der Waals surface area contributed by atoms with Crippen molar-refractivity contribution in [3.63, 3.8) is 0 Å². The van der Waals surface area contributed by atoms with E-state index in [9.17, 15) is 9.18 Å². The number of hydrogen-bond acceptors (Lipinski definition) is 4. The molecule has 0 spiro atoms. The van der Waals surface area contributed by atoms with Crippen LogP contribution in [0.5, 0.6) is 11.5 Å². The average Bonchev–Trinajstić information content (AvgIpc) is 2.68. The zero-order valence-corrected chi connectivity index (χ0v) is 14.8. The van der Waals surface area contributed by atoms with Crippen molar-refractivity contribution < 1.29 is 18.7 Å². The highest BCUT2D eigenvalue weighted by atomic mass is 19.1. The Morgan fingerprint density at radius 3 is 2.59 bits per heavy atom. The molecule has 0 saturated carbocycles. The number of aromatic nitrogens is 1. The van der Waals surface area contributed by atoms with Crippen molar-refractivity contribution in [1.82, 2.24) is 4.98 Å². The first-order chi connectivity index (χ1) is 13.2. The summed E-state index contributed by atoms with van der Waals surface area (Å²) in [7, 11) is 0. The highest BCUT2D eigenvalue weighted by Gasteiger charge is 2.12. The first kappa shape index (κ1) is 18.4. The molecule has 0 radical (unpaired) electrons. The fourth-order valence-electron chi connectivity index (χ4n) is 2.45. The Bertz CT molecular complexity index is 916. The summed E-state index contributed by atoms with van der Waals surface area (Å²) in [5.74, 6) is 0.235. The molecule has 0 aliphatic rings. The largest absolute Gasteiger partial charge is 0.490 e. The third-order valence-electron chi connectivity index (χ3n) is 3.73. The van der Waals surface area contributed by atoms with Crippen LogP contribution >= 0.6 is 0 Å². The molecule has 6 heteroatoms. The van der Waals surface area contributed by atoms with E-state index in [1.807, 2.05) is 19.1 Å². The molecule has 0 bridgehead atoms. The number of anilines is 1. The van der Waals surface area contributed by atoms with E-state index in [1.54, 1.807) is 36.7 Å².